The van der Waals surface area contributed by atoms with E-state index in [-0.39, 0.29) is 29.0 Å². The van der Waals surface area contributed by atoms with E-state index in [1.165, 1.54) is 0 Å². The number of nitrogens with zero attached hydrogens (tertiary/aromatic N) is 3. The predicted octanol–water partition coefficient (Wildman–Crippen LogP) is -2.14. The minimum Gasteiger partial charge on any atom is -0.544 e. The second-order valence-corrected chi connectivity index (χ2v) is 5.80. The van der Waals surface area contributed by atoms with Crippen molar-refractivity contribution in [1.82, 2.24) is 9.97 Å². The Bertz CT molecular complexity index is 688. The van der Waals surface area contributed by atoms with Crippen molar-refractivity contribution in [2.24, 2.45) is 0 Å². The normalized spacial score (nSPS) is 15.0. The number of morpholine rings is 1. The number of thiophene rings is 1. The summed E-state index contributed by atoms with van der Waals surface area (Å²) in [5, 5.41) is 11.3. The van der Waals surface area contributed by atoms with Crippen LogP contribution < -0.4 is 28.9 Å². The summed E-state index contributed by atoms with van der Waals surface area (Å²) in [7, 11) is 0. The Morgan fingerprint density at radius 3 is 2.67 bits per heavy atom. The van der Waals surface area contributed by atoms with Gasteiger partial charge >= 0.3 is 18.9 Å². The molecule has 0 bridgehead atoms. The van der Waals surface area contributed by atoms with Crippen molar-refractivity contribution in [3.63, 3.8) is 0 Å². The van der Waals surface area contributed by atoms with Crippen molar-refractivity contribution < 1.29 is 33.5 Å². The minimum atomic E-state index is -1.20. The van der Waals surface area contributed by atoms with Gasteiger partial charge in [-0.15, -0.1) is 11.3 Å². The number of hydrogen-bond donors (Lipinski definition) is 0. The van der Waals surface area contributed by atoms with E-state index < -0.39 is 5.97 Å². The molecule has 0 spiro atoms. The molecule has 9 heteroatoms. The van der Waals surface area contributed by atoms with Crippen LogP contribution in [0.2, 0.25) is 5.28 Å². The number of anilines is 1. The van der Waals surface area contributed by atoms with Crippen LogP contribution in [0.15, 0.2) is 0 Å². The fourth-order valence-electron chi connectivity index (χ4n) is 2.23. The number of rotatable bonds is 2. The first-order valence-electron chi connectivity index (χ1n) is 6.08. The van der Waals surface area contributed by atoms with Crippen molar-refractivity contribution >= 4 is 44.9 Å². The number of carboxylic acid groups (broad SMARTS) is 1. The molecule has 0 N–H and O–H groups in total. The maximum atomic E-state index is 11.1. The van der Waals surface area contributed by atoms with E-state index in [4.69, 9.17) is 16.3 Å². The molecule has 0 radical (unpaired) electrons. The summed E-state index contributed by atoms with van der Waals surface area (Å²) in [6, 6.07) is 0. The van der Waals surface area contributed by atoms with E-state index in [9.17, 15) is 9.90 Å². The quantitative estimate of drug-likeness (QED) is 0.464. The van der Waals surface area contributed by atoms with E-state index >= 15 is 0 Å². The van der Waals surface area contributed by atoms with E-state index in [0.29, 0.717) is 43.2 Å². The van der Waals surface area contributed by atoms with Gasteiger partial charge in [0.2, 0.25) is 5.28 Å². The van der Waals surface area contributed by atoms with Gasteiger partial charge in [-0.3, -0.25) is 0 Å². The Morgan fingerprint density at radius 1 is 1.38 bits per heavy atom. The van der Waals surface area contributed by atoms with Gasteiger partial charge in [-0.1, -0.05) is 0 Å². The van der Waals surface area contributed by atoms with Crippen LogP contribution in [0.4, 0.5) is 5.82 Å². The van der Waals surface area contributed by atoms with Crippen molar-refractivity contribution in [1.29, 1.82) is 0 Å². The van der Waals surface area contributed by atoms with Gasteiger partial charge in [-0.05, 0) is 24.1 Å². The van der Waals surface area contributed by atoms with Crippen LogP contribution in [-0.2, 0) is 4.74 Å². The largest absolute Gasteiger partial charge is 1.00 e. The maximum Gasteiger partial charge on any atom is 1.00 e. The van der Waals surface area contributed by atoms with Crippen LogP contribution in [0.1, 0.15) is 15.2 Å². The maximum absolute atomic E-state index is 11.1. The summed E-state index contributed by atoms with van der Waals surface area (Å²) in [5.74, 6) is -0.529. The van der Waals surface area contributed by atoms with Gasteiger partial charge in [0.1, 0.15) is 0 Å². The first-order chi connectivity index (χ1) is 9.58. The van der Waals surface area contributed by atoms with Crippen molar-refractivity contribution in [2.75, 3.05) is 31.2 Å². The summed E-state index contributed by atoms with van der Waals surface area (Å²) >= 11 is 7.10. The van der Waals surface area contributed by atoms with Crippen LogP contribution in [0.25, 0.3) is 10.2 Å². The van der Waals surface area contributed by atoms with Gasteiger partial charge in [0.05, 0.1) is 34.3 Å². The van der Waals surface area contributed by atoms with Crippen LogP contribution in [-0.4, -0.2) is 42.2 Å². The number of carbonyl (C=O) groups excluding carboxylic acids is 1. The molecule has 2 aromatic rings. The molecule has 2 aromatic heterocycles. The zero-order valence-electron chi connectivity index (χ0n) is 11.7. The number of hydrogen-bond acceptors (Lipinski definition) is 7. The Labute approximate surface area is 142 Å². The summed E-state index contributed by atoms with van der Waals surface area (Å²) < 4.78 is 6.04. The molecule has 0 amide bonds. The molecule has 1 fully saturated rings. The number of aryl methyl sites for hydroxylation is 1. The number of aromatic carboxylic acids is 1. The molecule has 0 atom stereocenters. The standard InChI is InChI=1S/C12H12ClN3O3S.Li/c1-6-7-9(20-8(6)11(17)18)10(15-12(13)14-7)16-2-4-19-5-3-16;/h2-5H2,1H3,(H,17,18);/q;+1/p-1. The van der Waals surface area contributed by atoms with E-state index in [1.807, 2.05) is 4.90 Å². The molecule has 3 heterocycles. The predicted molar refractivity (Wildman–Crippen MR) is 74.5 cm³/mol. The zero-order chi connectivity index (χ0) is 14.3. The molecular formula is C12H11ClLiN3O3S. The van der Waals surface area contributed by atoms with Gasteiger partial charge in [0, 0.05) is 13.1 Å². The van der Waals surface area contributed by atoms with Gasteiger partial charge in [-0.2, -0.15) is 4.98 Å². The third-order valence-corrected chi connectivity index (χ3v) is 4.64. The van der Waals surface area contributed by atoms with Gasteiger partial charge < -0.3 is 19.5 Å². The summed E-state index contributed by atoms with van der Waals surface area (Å²) in [5.41, 5.74) is 1.15. The molecule has 1 aliphatic heterocycles. The second kappa shape index (κ2) is 6.51. The third kappa shape index (κ3) is 3.03. The summed E-state index contributed by atoms with van der Waals surface area (Å²) in [4.78, 5) is 21.8. The van der Waals surface area contributed by atoms with E-state index in [1.54, 1.807) is 6.92 Å². The number of ether oxygens (including phenoxy) is 1. The Hall–Kier alpha value is -0.843. The van der Waals surface area contributed by atoms with Crippen molar-refractivity contribution in [2.45, 2.75) is 6.92 Å². The van der Waals surface area contributed by atoms with Crippen molar-refractivity contribution in [3.8, 4) is 0 Å². The summed E-state index contributed by atoms with van der Waals surface area (Å²) in [6.07, 6.45) is 0. The number of carbonyl (C=O) groups is 1. The van der Waals surface area contributed by atoms with Crippen LogP contribution in [0.5, 0.6) is 0 Å². The minimum absolute atomic E-state index is 0. The van der Waals surface area contributed by atoms with Crippen LogP contribution in [0.3, 0.4) is 0 Å². The molecule has 1 saturated heterocycles. The fraction of sp³-hybridized carbons (Fsp3) is 0.417. The third-order valence-electron chi connectivity index (χ3n) is 3.22. The van der Waals surface area contributed by atoms with E-state index in [0.717, 1.165) is 16.0 Å². The van der Waals surface area contributed by atoms with Gasteiger partial charge in [0.15, 0.2) is 5.82 Å². The molecule has 6 nitrogen and oxygen atoms in total. The van der Waals surface area contributed by atoms with Crippen LogP contribution in [0, 0.1) is 6.92 Å². The number of aromatic nitrogens is 2. The topological polar surface area (TPSA) is 78.4 Å². The molecule has 21 heavy (non-hydrogen) atoms. The second-order valence-electron chi connectivity index (χ2n) is 4.44. The molecule has 0 saturated carbocycles. The molecule has 0 unspecified atom stereocenters. The Kier molecular flexibility index (Phi) is 5.12. The van der Waals surface area contributed by atoms with E-state index in [2.05, 4.69) is 9.97 Å². The van der Waals surface area contributed by atoms with Gasteiger partial charge in [-0.25, -0.2) is 4.98 Å². The first kappa shape index (κ1) is 16.5. The molecule has 1 aliphatic rings. The monoisotopic (exact) mass is 319 g/mol. The molecule has 3 rings (SSSR count). The molecule has 0 aromatic carbocycles. The SMILES string of the molecule is Cc1c(C(=O)[O-])sc2c(N3CCOCC3)nc(Cl)nc12.[Li+]. The average molecular weight is 320 g/mol. The number of halogens is 1. The molecular weight excluding hydrogens is 309 g/mol. The molecule has 106 valence electrons. The Morgan fingerprint density at radius 2 is 2.05 bits per heavy atom. The number of fused-ring (bicyclic) bond motifs is 1. The van der Waals surface area contributed by atoms with Crippen LogP contribution >= 0.6 is 22.9 Å². The average Bonchev–Trinajstić information content (AvgIpc) is 2.77. The first-order valence-corrected chi connectivity index (χ1v) is 7.28. The zero-order valence-corrected chi connectivity index (χ0v) is 13.3. The van der Waals surface area contributed by atoms with Gasteiger partial charge in [0.25, 0.3) is 0 Å². The Balaban J connectivity index is 0.00000161. The van der Waals surface area contributed by atoms with Crippen molar-refractivity contribution in [3.05, 3.63) is 15.7 Å². The molecule has 0 aliphatic carbocycles. The fourth-order valence-corrected chi connectivity index (χ4v) is 3.49. The summed E-state index contributed by atoms with van der Waals surface area (Å²) in [6.45, 7) is 4.32. The number of carboxylic acids is 1. The smallest absolute Gasteiger partial charge is 0.544 e.